The number of rotatable bonds is 7. The molecule has 0 radical (unpaired) electrons. The highest BCUT2D eigenvalue weighted by atomic mass is 35.5. The Morgan fingerprint density at radius 1 is 1.00 bits per heavy atom. The monoisotopic (exact) mass is 391 g/mol. The second-order valence-corrected chi connectivity index (χ2v) is 7.69. The van der Waals surface area contributed by atoms with E-state index in [9.17, 15) is 8.42 Å². The van der Waals surface area contributed by atoms with Crippen LogP contribution in [-0.2, 0) is 10.0 Å². The van der Waals surface area contributed by atoms with E-state index in [1.165, 1.54) is 25.3 Å². The van der Waals surface area contributed by atoms with Crippen LogP contribution in [0.3, 0.4) is 0 Å². The fourth-order valence-electron chi connectivity index (χ4n) is 2.56. The van der Waals surface area contributed by atoms with Gasteiger partial charge in [-0.2, -0.15) is 0 Å². The first-order chi connectivity index (χ1) is 12.5. The molecule has 0 spiro atoms. The van der Waals surface area contributed by atoms with Crippen LogP contribution in [-0.4, -0.2) is 28.7 Å². The third kappa shape index (κ3) is 4.09. The molecule has 0 amide bonds. The van der Waals surface area contributed by atoms with E-state index in [1.807, 2.05) is 42.5 Å². The molecule has 0 aliphatic carbocycles. The summed E-state index contributed by atoms with van der Waals surface area (Å²) in [6.07, 6.45) is 0. The second-order valence-electron chi connectivity index (χ2n) is 5.52. The highest BCUT2D eigenvalue weighted by molar-refractivity contribution is 7.89. The fourth-order valence-corrected chi connectivity index (χ4v) is 3.92. The van der Waals surface area contributed by atoms with E-state index in [4.69, 9.17) is 21.1 Å². The summed E-state index contributed by atoms with van der Waals surface area (Å²) < 4.78 is 38.0. The minimum atomic E-state index is -3.67. The lowest BCUT2D eigenvalue weighted by Crippen LogP contribution is -2.28. The normalized spacial score (nSPS) is 11.5. The van der Waals surface area contributed by atoms with Crippen molar-refractivity contribution < 1.29 is 17.9 Å². The molecule has 0 saturated carbocycles. The fraction of sp³-hybridized carbons (Fsp3) is 0.158. The molecule has 136 valence electrons. The van der Waals surface area contributed by atoms with Crippen molar-refractivity contribution in [1.29, 1.82) is 0 Å². The van der Waals surface area contributed by atoms with Crippen LogP contribution in [0.5, 0.6) is 11.5 Å². The van der Waals surface area contributed by atoms with E-state index in [1.54, 1.807) is 0 Å². The van der Waals surface area contributed by atoms with Crippen molar-refractivity contribution in [1.82, 2.24) is 4.72 Å². The summed E-state index contributed by atoms with van der Waals surface area (Å²) >= 11 is 5.99. The van der Waals surface area contributed by atoms with E-state index in [0.717, 1.165) is 16.5 Å². The van der Waals surface area contributed by atoms with Gasteiger partial charge in [0.2, 0.25) is 10.0 Å². The number of sulfonamides is 1. The molecule has 0 aliphatic rings. The van der Waals surface area contributed by atoms with E-state index >= 15 is 0 Å². The minimum absolute atomic E-state index is 0.0773. The van der Waals surface area contributed by atoms with Crippen LogP contribution in [0.15, 0.2) is 65.6 Å². The average molecular weight is 392 g/mol. The van der Waals surface area contributed by atoms with Crippen molar-refractivity contribution in [3.05, 3.63) is 65.7 Å². The number of fused-ring (bicyclic) bond motifs is 1. The SMILES string of the molecule is COc1ccc(S(=O)(=O)NCCOc2cccc3ccccc23)cc1Cl. The molecule has 0 fully saturated rings. The first kappa shape index (κ1) is 18.5. The van der Waals surface area contributed by atoms with Gasteiger partial charge in [0, 0.05) is 11.9 Å². The molecule has 0 unspecified atom stereocenters. The lowest BCUT2D eigenvalue weighted by Gasteiger charge is -2.11. The molecule has 0 aliphatic heterocycles. The molecule has 0 aromatic heterocycles. The van der Waals surface area contributed by atoms with Gasteiger partial charge in [-0.3, -0.25) is 0 Å². The van der Waals surface area contributed by atoms with Crippen LogP contribution >= 0.6 is 11.6 Å². The molecule has 26 heavy (non-hydrogen) atoms. The van der Waals surface area contributed by atoms with Crippen molar-refractivity contribution in [3.8, 4) is 11.5 Å². The molecule has 3 aromatic rings. The summed E-state index contributed by atoms with van der Waals surface area (Å²) in [5, 5.41) is 2.29. The highest BCUT2D eigenvalue weighted by Crippen LogP contribution is 2.27. The number of hydrogen-bond acceptors (Lipinski definition) is 4. The number of benzene rings is 3. The van der Waals surface area contributed by atoms with E-state index in [-0.39, 0.29) is 23.1 Å². The van der Waals surface area contributed by atoms with Gasteiger partial charge < -0.3 is 9.47 Å². The topological polar surface area (TPSA) is 64.6 Å². The average Bonchev–Trinajstić information content (AvgIpc) is 2.65. The predicted octanol–water partition coefficient (Wildman–Crippen LogP) is 3.86. The Balaban J connectivity index is 1.63. The molecule has 7 heteroatoms. The van der Waals surface area contributed by atoms with E-state index in [0.29, 0.717) is 5.75 Å². The first-order valence-electron chi connectivity index (χ1n) is 7.95. The maximum Gasteiger partial charge on any atom is 0.240 e. The van der Waals surface area contributed by atoms with Crippen molar-refractivity contribution >= 4 is 32.4 Å². The number of nitrogens with one attached hydrogen (secondary N) is 1. The Labute approximate surface area is 157 Å². The lowest BCUT2D eigenvalue weighted by atomic mass is 10.1. The van der Waals surface area contributed by atoms with Crippen LogP contribution in [0.25, 0.3) is 10.8 Å². The Bertz CT molecular complexity index is 1020. The molecule has 0 atom stereocenters. The van der Waals surface area contributed by atoms with Gasteiger partial charge in [0.15, 0.2) is 0 Å². The smallest absolute Gasteiger partial charge is 0.240 e. The zero-order valence-corrected chi connectivity index (χ0v) is 15.7. The minimum Gasteiger partial charge on any atom is -0.495 e. The van der Waals surface area contributed by atoms with Gasteiger partial charge in [-0.25, -0.2) is 13.1 Å². The first-order valence-corrected chi connectivity index (χ1v) is 9.81. The van der Waals surface area contributed by atoms with Crippen LogP contribution in [0, 0.1) is 0 Å². The summed E-state index contributed by atoms with van der Waals surface area (Å²) in [6, 6.07) is 17.9. The summed E-state index contributed by atoms with van der Waals surface area (Å²) in [4.78, 5) is 0.0773. The van der Waals surface area contributed by atoms with Crippen molar-refractivity contribution in [2.24, 2.45) is 0 Å². The molecule has 0 bridgehead atoms. The quantitative estimate of drug-likeness (QED) is 0.621. The van der Waals surface area contributed by atoms with Crippen LogP contribution in [0.4, 0.5) is 0 Å². The third-order valence-corrected chi connectivity index (χ3v) is 5.59. The van der Waals surface area contributed by atoms with E-state index in [2.05, 4.69) is 4.72 Å². The Morgan fingerprint density at radius 3 is 2.54 bits per heavy atom. The molecule has 3 aromatic carbocycles. The van der Waals surface area contributed by atoms with Gasteiger partial charge in [-0.05, 0) is 29.7 Å². The zero-order valence-electron chi connectivity index (χ0n) is 14.1. The highest BCUT2D eigenvalue weighted by Gasteiger charge is 2.15. The largest absolute Gasteiger partial charge is 0.495 e. The summed E-state index contributed by atoms with van der Waals surface area (Å²) in [6.45, 7) is 0.340. The molecule has 5 nitrogen and oxygen atoms in total. The lowest BCUT2D eigenvalue weighted by molar-refractivity contribution is 0.326. The Hall–Kier alpha value is -2.28. The van der Waals surface area contributed by atoms with Crippen molar-refractivity contribution in [3.63, 3.8) is 0 Å². The molecule has 0 heterocycles. The number of hydrogen-bond donors (Lipinski definition) is 1. The number of halogens is 1. The number of ether oxygens (including phenoxy) is 2. The standard InChI is InChI=1S/C19H18ClNO4S/c1-24-19-10-9-15(13-17(19)20)26(22,23)21-11-12-25-18-8-4-6-14-5-2-3-7-16(14)18/h2-10,13,21H,11-12H2,1H3. The Kier molecular flexibility index (Phi) is 5.66. The summed E-state index contributed by atoms with van der Waals surface area (Å²) in [5.74, 6) is 1.14. The van der Waals surface area contributed by atoms with Crippen LogP contribution < -0.4 is 14.2 Å². The van der Waals surface area contributed by atoms with Gasteiger partial charge in [0.05, 0.1) is 17.0 Å². The molecule has 1 N–H and O–H groups in total. The summed E-state index contributed by atoms with van der Waals surface area (Å²) in [7, 11) is -2.20. The molecular weight excluding hydrogens is 374 g/mol. The second kappa shape index (κ2) is 7.95. The van der Waals surface area contributed by atoms with Crippen molar-refractivity contribution in [2.45, 2.75) is 4.90 Å². The number of methoxy groups -OCH3 is 1. The van der Waals surface area contributed by atoms with Gasteiger partial charge in [-0.15, -0.1) is 0 Å². The van der Waals surface area contributed by atoms with Crippen LogP contribution in [0.1, 0.15) is 0 Å². The van der Waals surface area contributed by atoms with Crippen LogP contribution in [0.2, 0.25) is 5.02 Å². The van der Waals surface area contributed by atoms with Gasteiger partial charge in [0.25, 0.3) is 0 Å². The van der Waals surface area contributed by atoms with Gasteiger partial charge >= 0.3 is 0 Å². The third-order valence-electron chi connectivity index (χ3n) is 3.83. The van der Waals surface area contributed by atoms with Crippen molar-refractivity contribution in [2.75, 3.05) is 20.3 Å². The Morgan fingerprint density at radius 2 is 1.77 bits per heavy atom. The maximum atomic E-state index is 12.3. The molecule has 3 rings (SSSR count). The molecule has 0 saturated heterocycles. The van der Waals surface area contributed by atoms with Gasteiger partial charge in [-0.1, -0.05) is 48.0 Å². The molecular formula is C19H18ClNO4S. The summed E-state index contributed by atoms with van der Waals surface area (Å²) in [5.41, 5.74) is 0. The van der Waals surface area contributed by atoms with E-state index < -0.39 is 10.0 Å². The zero-order chi connectivity index (χ0) is 18.6. The van der Waals surface area contributed by atoms with Gasteiger partial charge in [0.1, 0.15) is 18.1 Å². The maximum absolute atomic E-state index is 12.3. The predicted molar refractivity (Wildman–Crippen MR) is 103 cm³/mol.